The summed E-state index contributed by atoms with van der Waals surface area (Å²) in [7, 11) is 0. The lowest BCUT2D eigenvalue weighted by atomic mass is 10.2. The van der Waals surface area contributed by atoms with Crippen LogP contribution in [-0.4, -0.2) is 25.4 Å². The van der Waals surface area contributed by atoms with E-state index in [1.54, 1.807) is 18.3 Å². The molecule has 2 heterocycles. The molecule has 6 heteroatoms. The highest BCUT2D eigenvalue weighted by Crippen LogP contribution is 2.18. The minimum absolute atomic E-state index is 0.240. The molecule has 1 N–H and O–H groups in total. The van der Waals surface area contributed by atoms with Gasteiger partial charge in [-0.2, -0.15) is 5.10 Å². The van der Waals surface area contributed by atoms with Gasteiger partial charge in [-0.25, -0.2) is 14.1 Å². The first kappa shape index (κ1) is 16.4. The predicted octanol–water partition coefficient (Wildman–Crippen LogP) is 3.00. The van der Waals surface area contributed by atoms with Crippen LogP contribution >= 0.6 is 0 Å². The van der Waals surface area contributed by atoms with Crippen LogP contribution in [0.4, 0.5) is 4.39 Å². The highest BCUT2D eigenvalue weighted by molar-refractivity contribution is 5.37. The van der Waals surface area contributed by atoms with Gasteiger partial charge in [0.1, 0.15) is 5.82 Å². The van der Waals surface area contributed by atoms with Gasteiger partial charge in [0, 0.05) is 42.8 Å². The predicted molar refractivity (Wildman–Crippen MR) is 91.5 cm³/mol. The molecule has 1 atom stereocenters. The van der Waals surface area contributed by atoms with E-state index in [1.165, 1.54) is 17.7 Å². The van der Waals surface area contributed by atoms with Gasteiger partial charge in [0.15, 0.2) is 0 Å². The number of halogens is 1. The van der Waals surface area contributed by atoms with Crippen LogP contribution in [0, 0.1) is 19.7 Å². The van der Waals surface area contributed by atoms with Crippen LogP contribution in [-0.2, 0) is 13.1 Å². The second-order valence-corrected chi connectivity index (χ2v) is 6.08. The van der Waals surface area contributed by atoms with Crippen LogP contribution < -0.4 is 5.32 Å². The molecule has 0 radical (unpaired) electrons. The topological polar surface area (TPSA) is 47.7 Å². The molecule has 126 valence electrons. The summed E-state index contributed by atoms with van der Waals surface area (Å²) in [6.07, 6.45) is 5.57. The molecule has 0 spiro atoms. The third-order valence-electron chi connectivity index (χ3n) is 4.18. The second-order valence-electron chi connectivity index (χ2n) is 6.08. The molecule has 24 heavy (non-hydrogen) atoms. The van der Waals surface area contributed by atoms with Gasteiger partial charge in [-0.1, -0.05) is 0 Å². The van der Waals surface area contributed by atoms with E-state index in [9.17, 15) is 4.39 Å². The van der Waals surface area contributed by atoms with Crippen molar-refractivity contribution >= 4 is 0 Å². The van der Waals surface area contributed by atoms with Gasteiger partial charge < -0.3 is 9.88 Å². The number of hydrogen-bond acceptors (Lipinski definition) is 3. The van der Waals surface area contributed by atoms with Crippen LogP contribution in [0.15, 0.2) is 43.0 Å². The number of nitrogens with one attached hydrogen (secondary N) is 1. The summed E-state index contributed by atoms with van der Waals surface area (Å²) in [6, 6.07) is 6.71. The summed E-state index contributed by atoms with van der Waals surface area (Å²) in [6.45, 7) is 7.81. The SMILES string of the molecule is Cc1nn(-c2ccc(F)cc2)c(C)c1CNC(C)Cn1ccnc1. The van der Waals surface area contributed by atoms with E-state index in [1.807, 2.05) is 31.1 Å². The standard InChI is InChI=1S/C18H22FN5/c1-13(11-23-9-8-20-12-23)21-10-18-14(2)22-24(15(18)3)17-6-4-16(19)5-7-17/h4-9,12-13,21H,10-11H2,1-3H3. The monoisotopic (exact) mass is 327 g/mol. The Morgan fingerprint density at radius 1 is 1.21 bits per heavy atom. The molecule has 1 aromatic carbocycles. The fourth-order valence-corrected chi connectivity index (χ4v) is 2.82. The van der Waals surface area contributed by atoms with Crippen molar-refractivity contribution in [3.63, 3.8) is 0 Å². The molecule has 1 unspecified atom stereocenters. The summed E-state index contributed by atoms with van der Waals surface area (Å²) in [4.78, 5) is 4.06. The zero-order valence-corrected chi connectivity index (χ0v) is 14.2. The molecule has 0 amide bonds. The van der Waals surface area contributed by atoms with Gasteiger partial charge in [-0.15, -0.1) is 0 Å². The number of benzene rings is 1. The van der Waals surface area contributed by atoms with E-state index < -0.39 is 0 Å². The van der Waals surface area contributed by atoms with Crippen LogP contribution in [0.2, 0.25) is 0 Å². The average molecular weight is 327 g/mol. The molecule has 3 rings (SSSR count). The van der Waals surface area contributed by atoms with Crippen molar-refractivity contribution in [3.8, 4) is 5.69 Å². The highest BCUT2D eigenvalue weighted by Gasteiger charge is 2.13. The van der Waals surface area contributed by atoms with Crippen LogP contribution in [0.3, 0.4) is 0 Å². The molecule has 5 nitrogen and oxygen atoms in total. The minimum atomic E-state index is -0.240. The number of nitrogens with zero attached hydrogens (tertiary/aromatic N) is 4. The quantitative estimate of drug-likeness (QED) is 0.757. The van der Waals surface area contributed by atoms with E-state index in [0.717, 1.165) is 30.2 Å². The van der Waals surface area contributed by atoms with Crippen molar-refractivity contribution in [2.45, 2.75) is 39.9 Å². The first-order valence-electron chi connectivity index (χ1n) is 8.04. The van der Waals surface area contributed by atoms with E-state index >= 15 is 0 Å². The van der Waals surface area contributed by atoms with Crippen molar-refractivity contribution in [1.29, 1.82) is 0 Å². The van der Waals surface area contributed by atoms with Crippen molar-refractivity contribution in [2.75, 3.05) is 0 Å². The largest absolute Gasteiger partial charge is 0.336 e. The Kier molecular flexibility index (Phi) is 4.76. The Morgan fingerprint density at radius 2 is 1.96 bits per heavy atom. The lowest BCUT2D eigenvalue weighted by Crippen LogP contribution is -2.30. The molecule has 0 fully saturated rings. The summed E-state index contributed by atoms with van der Waals surface area (Å²) >= 11 is 0. The highest BCUT2D eigenvalue weighted by atomic mass is 19.1. The van der Waals surface area contributed by atoms with Gasteiger partial charge in [-0.3, -0.25) is 0 Å². The maximum Gasteiger partial charge on any atom is 0.123 e. The van der Waals surface area contributed by atoms with Crippen molar-refractivity contribution in [3.05, 3.63) is 65.8 Å². The molecule has 0 saturated heterocycles. The number of aromatic nitrogens is 4. The van der Waals surface area contributed by atoms with Gasteiger partial charge >= 0.3 is 0 Å². The Morgan fingerprint density at radius 3 is 2.62 bits per heavy atom. The summed E-state index contributed by atoms with van der Waals surface area (Å²) < 4.78 is 17.0. The van der Waals surface area contributed by atoms with Crippen molar-refractivity contribution in [2.24, 2.45) is 0 Å². The second kappa shape index (κ2) is 6.97. The van der Waals surface area contributed by atoms with Crippen LogP contribution in [0.25, 0.3) is 5.69 Å². The van der Waals surface area contributed by atoms with E-state index in [-0.39, 0.29) is 5.82 Å². The fourth-order valence-electron chi connectivity index (χ4n) is 2.82. The van der Waals surface area contributed by atoms with Gasteiger partial charge in [0.2, 0.25) is 0 Å². The van der Waals surface area contributed by atoms with Crippen LogP contribution in [0.1, 0.15) is 23.9 Å². The summed E-state index contributed by atoms with van der Waals surface area (Å²) in [5.41, 5.74) is 4.10. The summed E-state index contributed by atoms with van der Waals surface area (Å²) in [5.74, 6) is -0.240. The van der Waals surface area contributed by atoms with Crippen LogP contribution in [0.5, 0.6) is 0 Å². The molecule has 0 bridgehead atoms. The Labute approximate surface area is 141 Å². The number of hydrogen-bond donors (Lipinski definition) is 1. The maximum atomic E-state index is 13.1. The smallest absolute Gasteiger partial charge is 0.123 e. The average Bonchev–Trinajstić information content (AvgIpc) is 3.15. The zero-order valence-electron chi connectivity index (χ0n) is 14.2. The van der Waals surface area contributed by atoms with E-state index in [0.29, 0.717) is 6.04 Å². The van der Waals surface area contributed by atoms with E-state index in [4.69, 9.17) is 0 Å². The number of rotatable bonds is 6. The normalized spacial score (nSPS) is 12.5. The molecule has 0 saturated carbocycles. The molecule has 0 aliphatic carbocycles. The van der Waals surface area contributed by atoms with Gasteiger partial charge in [0.05, 0.1) is 17.7 Å². The lowest BCUT2D eigenvalue weighted by molar-refractivity contribution is 0.475. The molecular weight excluding hydrogens is 305 g/mol. The van der Waals surface area contributed by atoms with Gasteiger partial charge in [0.25, 0.3) is 0 Å². The third kappa shape index (κ3) is 3.54. The summed E-state index contributed by atoms with van der Waals surface area (Å²) in [5, 5.41) is 8.13. The fraction of sp³-hybridized carbons (Fsp3) is 0.333. The lowest BCUT2D eigenvalue weighted by Gasteiger charge is -2.14. The molecule has 2 aromatic heterocycles. The molecule has 0 aliphatic rings. The zero-order chi connectivity index (χ0) is 17.1. The molecule has 3 aromatic rings. The van der Waals surface area contributed by atoms with Crippen molar-refractivity contribution < 1.29 is 4.39 Å². The number of imidazole rings is 1. The molecular formula is C18H22FN5. The first-order valence-corrected chi connectivity index (χ1v) is 8.04. The Balaban J connectivity index is 1.71. The van der Waals surface area contributed by atoms with Gasteiger partial charge in [-0.05, 0) is 45.0 Å². The van der Waals surface area contributed by atoms with E-state index in [2.05, 4.69) is 26.9 Å². The number of aryl methyl sites for hydroxylation is 1. The first-order chi connectivity index (χ1) is 11.5. The third-order valence-corrected chi connectivity index (χ3v) is 4.18. The molecule has 0 aliphatic heterocycles. The minimum Gasteiger partial charge on any atom is -0.336 e. The Hall–Kier alpha value is -2.47. The Bertz CT molecular complexity index is 790. The maximum absolute atomic E-state index is 13.1. The van der Waals surface area contributed by atoms with Crippen molar-refractivity contribution in [1.82, 2.24) is 24.6 Å².